The highest BCUT2D eigenvalue weighted by molar-refractivity contribution is 5.95. The third-order valence-corrected chi connectivity index (χ3v) is 2.76. The first-order chi connectivity index (χ1) is 9.38. The van der Waals surface area contributed by atoms with Crippen molar-refractivity contribution in [1.82, 2.24) is 0 Å². The zero-order valence-corrected chi connectivity index (χ0v) is 10.6. The van der Waals surface area contributed by atoms with E-state index >= 15 is 0 Å². The van der Waals surface area contributed by atoms with Crippen LogP contribution in [0.5, 0.6) is 0 Å². The summed E-state index contributed by atoms with van der Waals surface area (Å²) >= 11 is 0. The van der Waals surface area contributed by atoms with Gasteiger partial charge in [-0.2, -0.15) is 0 Å². The zero-order chi connectivity index (χ0) is 14.9. The van der Waals surface area contributed by atoms with Gasteiger partial charge in [0, 0.05) is 5.69 Å². The lowest BCUT2D eigenvalue weighted by Crippen LogP contribution is -2.06. The number of hydrogen-bond acceptors (Lipinski definition) is 3. The van der Waals surface area contributed by atoms with Gasteiger partial charge in [0.25, 0.3) is 0 Å². The molecule has 4 nitrogen and oxygen atoms in total. The molecule has 0 saturated carbocycles. The van der Waals surface area contributed by atoms with Gasteiger partial charge in [-0.05, 0) is 36.8 Å². The number of carboxylic acids is 1. The van der Waals surface area contributed by atoms with Crippen LogP contribution in [0, 0.1) is 18.6 Å². The van der Waals surface area contributed by atoms with Crippen LogP contribution in [0.1, 0.15) is 15.9 Å². The predicted molar refractivity (Wildman–Crippen MR) is 72.2 cm³/mol. The summed E-state index contributed by atoms with van der Waals surface area (Å²) in [5, 5.41) is 11.5. The summed E-state index contributed by atoms with van der Waals surface area (Å²) in [4.78, 5) is 10.9. The van der Waals surface area contributed by atoms with E-state index < -0.39 is 17.6 Å². The number of rotatable bonds is 3. The lowest BCUT2D eigenvalue weighted by atomic mass is 10.1. The number of nitrogens with two attached hydrogens (primary N) is 1. The van der Waals surface area contributed by atoms with Crippen molar-refractivity contribution in [2.45, 2.75) is 6.92 Å². The number of carbonyl (C=O) groups is 1. The van der Waals surface area contributed by atoms with Crippen LogP contribution in [0.15, 0.2) is 30.3 Å². The molecule has 104 valence electrons. The van der Waals surface area contributed by atoms with Crippen molar-refractivity contribution < 1.29 is 18.7 Å². The van der Waals surface area contributed by atoms with Crippen molar-refractivity contribution in [3.63, 3.8) is 0 Å². The van der Waals surface area contributed by atoms with Gasteiger partial charge in [-0.1, -0.05) is 6.07 Å². The Kier molecular flexibility index (Phi) is 3.56. The van der Waals surface area contributed by atoms with Crippen molar-refractivity contribution >= 4 is 23.0 Å². The van der Waals surface area contributed by atoms with E-state index in [-0.39, 0.29) is 22.6 Å². The molecule has 0 fully saturated rings. The molecule has 0 bridgehead atoms. The van der Waals surface area contributed by atoms with E-state index in [2.05, 4.69) is 5.32 Å². The minimum absolute atomic E-state index is 0.0515. The number of aromatic carboxylic acids is 1. The van der Waals surface area contributed by atoms with Crippen LogP contribution >= 0.6 is 0 Å². The molecule has 4 N–H and O–H groups in total. The summed E-state index contributed by atoms with van der Waals surface area (Å²) in [5.74, 6) is -2.60. The fourth-order valence-corrected chi connectivity index (χ4v) is 1.74. The van der Waals surface area contributed by atoms with Crippen LogP contribution in [0.4, 0.5) is 25.8 Å². The van der Waals surface area contributed by atoms with Crippen LogP contribution < -0.4 is 11.1 Å². The predicted octanol–water partition coefficient (Wildman–Crippen LogP) is 3.30. The Labute approximate surface area is 113 Å². The van der Waals surface area contributed by atoms with Gasteiger partial charge in [-0.15, -0.1) is 0 Å². The molecule has 0 atom stereocenters. The van der Waals surface area contributed by atoms with E-state index in [9.17, 15) is 13.6 Å². The van der Waals surface area contributed by atoms with Gasteiger partial charge in [-0.25, -0.2) is 13.6 Å². The van der Waals surface area contributed by atoms with Crippen LogP contribution in [-0.4, -0.2) is 11.1 Å². The maximum absolute atomic E-state index is 13.7. The van der Waals surface area contributed by atoms with Gasteiger partial charge in [-0.3, -0.25) is 0 Å². The monoisotopic (exact) mass is 278 g/mol. The molecular formula is C14H12F2N2O2. The summed E-state index contributed by atoms with van der Waals surface area (Å²) in [6.45, 7) is 1.72. The molecule has 0 heterocycles. The van der Waals surface area contributed by atoms with Crippen LogP contribution in [-0.2, 0) is 0 Å². The minimum Gasteiger partial charge on any atom is -0.478 e. The molecule has 20 heavy (non-hydrogen) atoms. The molecule has 6 heteroatoms. The second-order valence-electron chi connectivity index (χ2n) is 4.33. The maximum atomic E-state index is 13.7. The highest BCUT2D eigenvalue weighted by Crippen LogP contribution is 2.27. The van der Waals surface area contributed by atoms with E-state index in [1.807, 2.05) is 0 Å². The Morgan fingerprint density at radius 3 is 2.40 bits per heavy atom. The molecule has 0 aliphatic rings. The molecular weight excluding hydrogens is 266 g/mol. The fraction of sp³-hybridized carbons (Fsp3) is 0.0714. The van der Waals surface area contributed by atoms with E-state index in [0.717, 1.165) is 17.7 Å². The molecule has 0 amide bonds. The largest absolute Gasteiger partial charge is 0.478 e. The maximum Gasteiger partial charge on any atom is 0.337 e. The van der Waals surface area contributed by atoms with Crippen molar-refractivity contribution in [3.8, 4) is 0 Å². The minimum atomic E-state index is -1.28. The lowest BCUT2D eigenvalue weighted by Gasteiger charge is -2.11. The van der Waals surface area contributed by atoms with Crippen molar-refractivity contribution in [1.29, 1.82) is 0 Å². The summed E-state index contributed by atoms with van der Waals surface area (Å²) < 4.78 is 27.4. The van der Waals surface area contributed by atoms with Gasteiger partial charge in [0.05, 0.1) is 16.9 Å². The van der Waals surface area contributed by atoms with Crippen LogP contribution in [0.25, 0.3) is 0 Å². The van der Waals surface area contributed by atoms with Crippen molar-refractivity contribution in [2.24, 2.45) is 0 Å². The molecule has 0 saturated heterocycles. The summed E-state index contributed by atoms with van der Waals surface area (Å²) in [7, 11) is 0. The number of nitrogen functional groups attached to an aromatic ring is 1. The smallest absolute Gasteiger partial charge is 0.337 e. The summed E-state index contributed by atoms with van der Waals surface area (Å²) in [6.07, 6.45) is 0. The average Bonchev–Trinajstić information content (AvgIpc) is 2.35. The van der Waals surface area contributed by atoms with E-state index in [0.29, 0.717) is 0 Å². The molecule has 0 aliphatic heterocycles. The number of benzene rings is 2. The first kappa shape index (κ1) is 13.8. The lowest BCUT2D eigenvalue weighted by molar-refractivity contribution is 0.0698. The van der Waals surface area contributed by atoms with E-state index in [1.165, 1.54) is 12.1 Å². The first-order valence-electron chi connectivity index (χ1n) is 5.74. The molecule has 0 radical (unpaired) electrons. The Morgan fingerprint density at radius 2 is 1.80 bits per heavy atom. The highest BCUT2D eigenvalue weighted by Gasteiger charge is 2.14. The van der Waals surface area contributed by atoms with Crippen molar-refractivity contribution in [2.75, 3.05) is 11.1 Å². The average molecular weight is 278 g/mol. The third-order valence-electron chi connectivity index (χ3n) is 2.76. The van der Waals surface area contributed by atoms with Gasteiger partial charge < -0.3 is 16.2 Å². The standard InChI is InChI=1S/C14H12F2N2O2/c1-7-2-3-12(9(15)4-7)18-13-5-8(14(19)20)11(17)6-10(13)16/h2-6,18H,17H2,1H3,(H,19,20). The quantitative estimate of drug-likeness (QED) is 0.753. The van der Waals surface area contributed by atoms with Gasteiger partial charge in [0.2, 0.25) is 0 Å². The fourth-order valence-electron chi connectivity index (χ4n) is 1.74. The molecule has 0 aliphatic carbocycles. The normalized spacial score (nSPS) is 10.3. The number of carboxylic acid groups (broad SMARTS) is 1. The number of anilines is 3. The Bertz CT molecular complexity index is 687. The Morgan fingerprint density at radius 1 is 1.15 bits per heavy atom. The van der Waals surface area contributed by atoms with Crippen LogP contribution in [0.2, 0.25) is 0 Å². The van der Waals surface area contributed by atoms with E-state index in [1.54, 1.807) is 13.0 Å². The second-order valence-corrected chi connectivity index (χ2v) is 4.33. The van der Waals surface area contributed by atoms with Crippen molar-refractivity contribution in [3.05, 3.63) is 53.1 Å². The van der Waals surface area contributed by atoms with Crippen LogP contribution in [0.3, 0.4) is 0 Å². The number of nitrogens with one attached hydrogen (secondary N) is 1. The number of halogens is 2. The molecule has 0 unspecified atom stereocenters. The van der Waals surface area contributed by atoms with Gasteiger partial charge in [0.1, 0.15) is 11.6 Å². The Balaban J connectivity index is 2.43. The molecule has 0 spiro atoms. The molecule has 2 aromatic carbocycles. The third kappa shape index (κ3) is 2.69. The highest BCUT2D eigenvalue weighted by atomic mass is 19.1. The van der Waals surface area contributed by atoms with Gasteiger partial charge >= 0.3 is 5.97 Å². The second kappa shape index (κ2) is 5.16. The topological polar surface area (TPSA) is 75.3 Å². The summed E-state index contributed by atoms with van der Waals surface area (Å²) in [5.41, 5.74) is 5.59. The molecule has 2 rings (SSSR count). The SMILES string of the molecule is Cc1ccc(Nc2cc(C(=O)O)c(N)cc2F)c(F)c1. The van der Waals surface area contributed by atoms with Gasteiger partial charge in [0.15, 0.2) is 0 Å². The zero-order valence-electron chi connectivity index (χ0n) is 10.6. The first-order valence-corrected chi connectivity index (χ1v) is 5.74. The van der Waals surface area contributed by atoms with E-state index in [4.69, 9.17) is 10.8 Å². The number of hydrogen-bond donors (Lipinski definition) is 3. The summed E-state index contributed by atoms with van der Waals surface area (Å²) in [6, 6.07) is 6.31. The molecule has 2 aromatic rings. The molecule has 0 aromatic heterocycles. The Hall–Kier alpha value is -2.63. The number of aryl methyl sites for hydroxylation is 1.